The monoisotopic (exact) mass is 405 g/mol. The number of hydrogen-bond acceptors (Lipinski definition) is 4. The molecule has 0 aliphatic carbocycles. The Morgan fingerprint density at radius 3 is 2.28 bits per heavy atom. The van der Waals surface area contributed by atoms with E-state index < -0.39 is 15.8 Å². The van der Waals surface area contributed by atoms with Gasteiger partial charge < -0.3 is 5.11 Å². The zero-order valence-corrected chi connectivity index (χ0v) is 16.8. The minimum absolute atomic E-state index is 0.0230. The third kappa shape index (κ3) is 3.02. The smallest absolute Gasteiger partial charge is 0.265 e. The Morgan fingerprint density at radius 1 is 0.897 bits per heavy atom. The van der Waals surface area contributed by atoms with Gasteiger partial charge in [-0.2, -0.15) is 0 Å². The standard InChI is InChI=1S/C23H19NO4S/c1-15-8-3-4-11-18(15)16-9-7-10-17(14-16)22(25)21-23(26)19-12-5-6-13-20(19)29(27,28)24(21)2/h3-14,26H,1-2H3. The largest absolute Gasteiger partial charge is 0.505 e. The van der Waals surface area contributed by atoms with E-state index in [1.165, 1.54) is 19.2 Å². The van der Waals surface area contributed by atoms with Crippen LogP contribution in [0.4, 0.5) is 0 Å². The molecule has 5 nitrogen and oxygen atoms in total. The van der Waals surface area contributed by atoms with Gasteiger partial charge in [-0.05, 0) is 41.8 Å². The molecule has 0 amide bonds. The number of benzene rings is 3. The zero-order chi connectivity index (χ0) is 20.8. The van der Waals surface area contributed by atoms with Crippen LogP contribution in [-0.2, 0) is 10.0 Å². The van der Waals surface area contributed by atoms with Crippen molar-refractivity contribution in [3.63, 3.8) is 0 Å². The highest BCUT2D eigenvalue weighted by Crippen LogP contribution is 2.36. The van der Waals surface area contributed by atoms with Crippen LogP contribution in [-0.4, -0.2) is 30.7 Å². The van der Waals surface area contributed by atoms with Gasteiger partial charge in [-0.25, -0.2) is 8.42 Å². The van der Waals surface area contributed by atoms with Crippen molar-refractivity contribution in [3.05, 3.63) is 95.2 Å². The molecule has 0 fully saturated rings. The number of rotatable bonds is 3. The number of hydrogen-bond donors (Lipinski definition) is 1. The molecule has 0 saturated heterocycles. The fourth-order valence-electron chi connectivity index (χ4n) is 3.54. The molecule has 1 heterocycles. The molecular weight excluding hydrogens is 386 g/mol. The molecule has 1 N–H and O–H groups in total. The number of allylic oxidation sites excluding steroid dienone is 1. The number of ketones is 1. The molecule has 0 radical (unpaired) electrons. The summed E-state index contributed by atoms with van der Waals surface area (Å²) in [7, 11) is -2.65. The molecule has 1 aliphatic rings. The minimum Gasteiger partial charge on any atom is -0.505 e. The van der Waals surface area contributed by atoms with E-state index in [4.69, 9.17) is 0 Å². The number of carbonyl (C=O) groups is 1. The number of aliphatic hydroxyl groups excluding tert-OH is 1. The first kappa shape index (κ1) is 19.0. The van der Waals surface area contributed by atoms with Gasteiger partial charge in [-0.1, -0.05) is 54.6 Å². The normalized spacial score (nSPS) is 15.2. The summed E-state index contributed by atoms with van der Waals surface area (Å²) >= 11 is 0. The number of aliphatic hydroxyl groups is 1. The van der Waals surface area contributed by atoms with E-state index in [0.717, 1.165) is 21.0 Å². The van der Waals surface area contributed by atoms with Crippen LogP contribution >= 0.6 is 0 Å². The second kappa shape index (κ2) is 6.90. The molecule has 29 heavy (non-hydrogen) atoms. The SMILES string of the molecule is Cc1ccccc1-c1cccc(C(=O)C2=C(O)c3ccccc3S(=O)(=O)N2C)c1. The Balaban J connectivity index is 1.85. The molecular formula is C23H19NO4S. The van der Waals surface area contributed by atoms with E-state index >= 15 is 0 Å². The first-order chi connectivity index (χ1) is 13.8. The summed E-state index contributed by atoms with van der Waals surface area (Å²) in [6.07, 6.45) is 0. The highest BCUT2D eigenvalue weighted by Gasteiger charge is 2.37. The van der Waals surface area contributed by atoms with Crippen molar-refractivity contribution in [1.82, 2.24) is 4.31 Å². The minimum atomic E-state index is -3.93. The first-order valence-corrected chi connectivity index (χ1v) is 10.5. The lowest BCUT2D eigenvalue weighted by molar-refractivity contribution is 0.101. The molecule has 0 spiro atoms. The molecule has 0 unspecified atom stereocenters. The van der Waals surface area contributed by atoms with Crippen LogP contribution in [0.15, 0.2) is 83.4 Å². The van der Waals surface area contributed by atoms with Gasteiger partial charge in [0.25, 0.3) is 10.0 Å². The number of sulfonamides is 1. The Hall–Kier alpha value is -3.38. The van der Waals surface area contributed by atoms with E-state index in [2.05, 4.69) is 0 Å². The summed E-state index contributed by atoms with van der Waals surface area (Å²) < 4.78 is 26.6. The van der Waals surface area contributed by atoms with Crippen molar-refractivity contribution in [2.75, 3.05) is 7.05 Å². The molecule has 146 valence electrons. The number of likely N-dealkylation sites (N-methyl/N-ethyl adjacent to an activating group) is 1. The van der Waals surface area contributed by atoms with E-state index in [9.17, 15) is 18.3 Å². The summed E-state index contributed by atoms with van der Waals surface area (Å²) in [6.45, 7) is 1.98. The van der Waals surface area contributed by atoms with E-state index in [1.54, 1.807) is 30.3 Å². The highest BCUT2D eigenvalue weighted by atomic mass is 32.2. The van der Waals surface area contributed by atoms with Crippen molar-refractivity contribution < 1.29 is 18.3 Å². The second-order valence-corrected chi connectivity index (χ2v) is 8.83. The van der Waals surface area contributed by atoms with Crippen LogP contribution in [0.5, 0.6) is 0 Å². The first-order valence-electron chi connectivity index (χ1n) is 9.04. The molecule has 0 bridgehead atoms. The fraction of sp³-hybridized carbons (Fsp3) is 0.0870. The van der Waals surface area contributed by atoms with Gasteiger partial charge in [-0.3, -0.25) is 9.10 Å². The van der Waals surface area contributed by atoms with Crippen LogP contribution < -0.4 is 0 Å². The molecule has 6 heteroatoms. The zero-order valence-electron chi connectivity index (χ0n) is 16.0. The van der Waals surface area contributed by atoms with Crippen LogP contribution in [0.25, 0.3) is 16.9 Å². The summed E-state index contributed by atoms with van der Waals surface area (Å²) in [5.74, 6) is -0.900. The van der Waals surface area contributed by atoms with Gasteiger partial charge in [0.1, 0.15) is 5.70 Å². The van der Waals surface area contributed by atoms with Crippen molar-refractivity contribution in [2.45, 2.75) is 11.8 Å². The van der Waals surface area contributed by atoms with E-state index in [1.807, 2.05) is 37.3 Å². The van der Waals surface area contributed by atoms with Gasteiger partial charge in [0, 0.05) is 18.2 Å². The number of aryl methyl sites for hydroxylation is 1. The van der Waals surface area contributed by atoms with Gasteiger partial charge in [0.15, 0.2) is 5.76 Å². The topological polar surface area (TPSA) is 74.7 Å². The van der Waals surface area contributed by atoms with Crippen molar-refractivity contribution in [2.24, 2.45) is 0 Å². The predicted molar refractivity (Wildman–Crippen MR) is 112 cm³/mol. The van der Waals surface area contributed by atoms with Crippen molar-refractivity contribution >= 4 is 21.6 Å². The van der Waals surface area contributed by atoms with Crippen LogP contribution in [0.3, 0.4) is 0 Å². The summed E-state index contributed by atoms with van der Waals surface area (Å²) in [6, 6.07) is 20.9. The van der Waals surface area contributed by atoms with Gasteiger partial charge in [-0.15, -0.1) is 0 Å². The third-order valence-corrected chi connectivity index (χ3v) is 6.93. The molecule has 3 aromatic carbocycles. The average molecular weight is 405 g/mol. The molecule has 0 aromatic heterocycles. The average Bonchev–Trinajstić information content (AvgIpc) is 2.73. The van der Waals surface area contributed by atoms with Gasteiger partial charge in [0.2, 0.25) is 5.78 Å². The molecule has 0 atom stereocenters. The molecule has 3 aromatic rings. The van der Waals surface area contributed by atoms with Crippen molar-refractivity contribution in [3.8, 4) is 11.1 Å². The quantitative estimate of drug-likeness (QED) is 0.655. The maximum Gasteiger partial charge on any atom is 0.265 e. The lowest BCUT2D eigenvalue weighted by atomic mass is 9.96. The Morgan fingerprint density at radius 2 is 1.55 bits per heavy atom. The van der Waals surface area contributed by atoms with E-state index in [-0.39, 0.29) is 21.9 Å². The summed E-state index contributed by atoms with van der Waals surface area (Å²) in [5.41, 5.74) is 3.06. The number of carbonyl (C=O) groups excluding carboxylic acids is 1. The van der Waals surface area contributed by atoms with Crippen LogP contribution in [0.1, 0.15) is 21.5 Å². The highest BCUT2D eigenvalue weighted by molar-refractivity contribution is 7.89. The third-order valence-electron chi connectivity index (χ3n) is 5.12. The Labute approximate surface area is 169 Å². The molecule has 0 saturated carbocycles. The number of fused-ring (bicyclic) bond motifs is 1. The summed E-state index contributed by atoms with van der Waals surface area (Å²) in [4.78, 5) is 13.2. The lowest BCUT2D eigenvalue weighted by Gasteiger charge is -2.28. The Kier molecular flexibility index (Phi) is 4.51. The fourth-order valence-corrected chi connectivity index (χ4v) is 4.94. The summed E-state index contributed by atoms with van der Waals surface area (Å²) in [5, 5.41) is 10.7. The van der Waals surface area contributed by atoms with Crippen LogP contribution in [0.2, 0.25) is 0 Å². The lowest BCUT2D eigenvalue weighted by Crippen LogP contribution is -2.35. The second-order valence-electron chi connectivity index (χ2n) is 6.89. The maximum atomic E-state index is 13.3. The van der Waals surface area contributed by atoms with Crippen LogP contribution in [0, 0.1) is 6.92 Å². The molecule has 4 rings (SSSR count). The number of Topliss-reactive ketones (excluding diaryl/α,β-unsaturated/α-hetero) is 1. The molecule has 1 aliphatic heterocycles. The van der Waals surface area contributed by atoms with Crippen molar-refractivity contribution in [1.29, 1.82) is 0 Å². The van der Waals surface area contributed by atoms with Gasteiger partial charge >= 0.3 is 0 Å². The predicted octanol–water partition coefficient (Wildman–Crippen LogP) is 4.41. The number of nitrogens with zero attached hydrogens (tertiary/aromatic N) is 1. The Bertz CT molecular complexity index is 1280. The van der Waals surface area contributed by atoms with Gasteiger partial charge in [0.05, 0.1) is 4.90 Å². The maximum absolute atomic E-state index is 13.3. The van der Waals surface area contributed by atoms with E-state index in [0.29, 0.717) is 5.56 Å².